The van der Waals surface area contributed by atoms with E-state index in [1.165, 1.54) is 0 Å². The SMILES string of the molecule is CC(C)(C)C/C=N\CC(=O)O. The molecule has 0 fully saturated rings. The third kappa shape index (κ3) is 9.14. The fourth-order valence-electron chi connectivity index (χ4n) is 0.481. The van der Waals surface area contributed by atoms with Crippen molar-refractivity contribution in [2.24, 2.45) is 10.4 Å². The maximum absolute atomic E-state index is 10.0. The lowest BCUT2D eigenvalue weighted by Crippen LogP contribution is -2.06. The second-order valence-electron chi connectivity index (χ2n) is 3.68. The van der Waals surface area contributed by atoms with Gasteiger partial charge in [-0.05, 0) is 18.1 Å². The molecule has 0 spiro atoms. The van der Waals surface area contributed by atoms with Crippen LogP contribution >= 0.6 is 0 Å². The molecule has 0 atom stereocenters. The number of rotatable bonds is 3. The molecule has 1 N–H and O–H groups in total. The molecule has 0 aromatic carbocycles. The van der Waals surface area contributed by atoms with Crippen LogP contribution in [0, 0.1) is 5.41 Å². The Morgan fingerprint density at radius 3 is 2.45 bits per heavy atom. The summed E-state index contributed by atoms with van der Waals surface area (Å²) in [7, 11) is 0. The molecule has 0 saturated heterocycles. The molecule has 0 bridgehead atoms. The van der Waals surface area contributed by atoms with Crippen LogP contribution in [0.2, 0.25) is 0 Å². The molecule has 0 amide bonds. The minimum atomic E-state index is -0.879. The molecule has 0 saturated carbocycles. The van der Waals surface area contributed by atoms with Crippen LogP contribution in [-0.2, 0) is 4.79 Å². The minimum Gasteiger partial charge on any atom is -0.480 e. The summed E-state index contributed by atoms with van der Waals surface area (Å²) in [4.78, 5) is 13.7. The Kier molecular flexibility index (Phi) is 3.79. The van der Waals surface area contributed by atoms with Crippen molar-refractivity contribution in [3.63, 3.8) is 0 Å². The fourth-order valence-corrected chi connectivity index (χ4v) is 0.481. The standard InChI is InChI=1S/C8H15NO2/c1-8(2,3)4-5-9-6-7(10)11/h5H,4,6H2,1-3H3,(H,10,11)/b9-5-. The van der Waals surface area contributed by atoms with Crippen LogP contribution in [0.1, 0.15) is 27.2 Å². The zero-order valence-electron chi connectivity index (χ0n) is 7.29. The summed E-state index contributed by atoms with van der Waals surface area (Å²) in [5.41, 5.74) is 0.196. The highest BCUT2D eigenvalue weighted by atomic mass is 16.4. The van der Waals surface area contributed by atoms with Gasteiger partial charge in [-0.2, -0.15) is 0 Å². The van der Waals surface area contributed by atoms with E-state index in [-0.39, 0.29) is 12.0 Å². The number of carboxylic acids is 1. The molecule has 0 aromatic heterocycles. The molecule has 0 rings (SSSR count). The molecule has 0 aliphatic carbocycles. The van der Waals surface area contributed by atoms with E-state index >= 15 is 0 Å². The first-order valence-corrected chi connectivity index (χ1v) is 3.62. The molecular weight excluding hydrogens is 142 g/mol. The van der Waals surface area contributed by atoms with Crippen LogP contribution in [0.25, 0.3) is 0 Å². The third-order valence-corrected chi connectivity index (χ3v) is 1.06. The van der Waals surface area contributed by atoms with Crippen molar-refractivity contribution in [1.82, 2.24) is 0 Å². The van der Waals surface area contributed by atoms with Gasteiger partial charge in [0.15, 0.2) is 0 Å². The zero-order chi connectivity index (χ0) is 8.91. The summed E-state index contributed by atoms with van der Waals surface area (Å²) in [6.07, 6.45) is 2.49. The van der Waals surface area contributed by atoms with Gasteiger partial charge in [-0.25, -0.2) is 0 Å². The van der Waals surface area contributed by atoms with Gasteiger partial charge in [0, 0.05) is 0 Å². The maximum atomic E-state index is 10.0. The molecule has 0 aliphatic rings. The van der Waals surface area contributed by atoms with Crippen LogP contribution in [-0.4, -0.2) is 23.8 Å². The highest BCUT2D eigenvalue weighted by Gasteiger charge is 2.06. The highest BCUT2D eigenvalue weighted by Crippen LogP contribution is 2.15. The summed E-state index contributed by atoms with van der Waals surface area (Å²) >= 11 is 0. The van der Waals surface area contributed by atoms with E-state index in [1.807, 2.05) is 0 Å². The molecule has 0 aromatic rings. The molecule has 11 heavy (non-hydrogen) atoms. The summed E-state index contributed by atoms with van der Waals surface area (Å²) in [5.74, 6) is -0.879. The fraction of sp³-hybridized carbons (Fsp3) is 0.750. The summed E-state index contributed by atoms with van der Waals surface area (Å²) in [6, 6.07) is 0. The molecule has 3 nitrogen and oxygen atoms in total. The van der Waals surface area contributed by atoms with E-state index in [0.29, 0.717) is 0 Å². The first kappa shape index (κ1) is 10.1. The predicted molar refractivity (Wildman–Crippen MR) is 45.1 cm³/mol. The summed E-state index contributed by atoms with van der Waals surface area (Å²) in [5, 5.41) is 8.23. The number of carbonyl (C=O) groups is 1. The second-order valence-corrected chi connectivity index (χ2v) is 3.68. The van der Waals surface area contributed by atoms with Gasteiger partial charge in [0.2, 0.25) is 0 Å². The van der Waals surface area contributed by atoms with Gasteiger partial charge in [-0.15, -0.1) is 0 Å². The van der Waals surface area contributed by atoms with Crippen molar-refractivity contribution in [2.45, 2.75) is 27.2 Å². The van der Waals surface area contributed by atoms with Crippen molar-refractivity contribution in [2.75, 3.05) is 6.54 Å². The smallest absolute Gasteiger partial charge is 0.325 e. The molecule has 0 radical (unpaired) electrons. The van der Waals surface area contributed by atoms with Gasteiger partial charge in [0.05, 0.1) is 0 Å². The molecule has 0 heterocycles. The van der Waals surface area contributed by atoms with E-state index in [1.54, 1.807) is 6.21 Å². The number of aliphatic carboxylic acids is 1. The van der Waals surface area contributed by atoms with Crippen LogP contribution in [0.5, 0.6) is 0 Å². The lowest BCUT2D eigenvalue weighted by molar-refractivity contribution is -0.135. The Bertz CT molecular complexity index is 156. The van der Waals surface area contributed by atoms with Gasteiger partial charge in [0.1, 0.15) is 6.54 Å². The van der Waals surface area contributed by atoms with Gasteiger partial charge in [-0.1, -0.05) is 20.8 Å². The lowest BCUT2D eigenvalue weighted by atomic mass is 9.93. The number of hydrogen-bond donors (Lipinski definition) is 1. The third-order valence-electron chi connectivity index (χ3n) is 1.06. The second kappa shape index (κ2) is 4.11. The van der Waals surface area contributed by atoms with Crippen LogP contribution in [0.15, 0.2) is 4.99 Å². The number of hydrogen-bond acceptors (Lipinski definition) is 2. The van der Waals surface area contributed by atoms with Crippen LogP contribution < -0.4 is 0 Å². The Morgan fingerprint density at radius 1 is 1.55 bits per heavy atom. The van der Waals surface area contributed by atoms with Gasteiger partial charge in [-0.3, -0.25) is 9.79 Å². The minimum absolute atomic E-state index is 0.115. The van der Waals surface area contributed by atoms with E-state index in [9.17, 15) is 4.79 Å². The van der Waals surface area contributed by atoms with Gasteiger partial charge in [0.25, 0.3) is 0 Å². The van der Waals surface area contributed by atoms with E-state index in [4.69, 9.17) is 5.11 Å². The van der Waals surface area contributed by atoms with Crippen LogP contribution in [0.3, 0.4) is 0 Å². The molecule has 0 aliphatic heterocycles. The number of nitrogens with zero attached hydrogens (tertiary/aromatic N) is 1. The highest BCUT2D eigenvalue weighted by molar-refractivity contribution is 5.72. The van der Waals surface area contributed by atoms with E-state index < -0.39 is 5.97 Å². The Labute approximate surface area is 67.1 Å². The van der Waals surface area contributed by atoms with Crippen LogP contribution in [0.4, 0.5) is 0 Å². The predicted octanol–water partition coefficient (Wildman–Crippen LogP) is 1.58. The van der Waals surface area contributed by atoms with Crippen molar-refractivity contribution in [1.29, 1.82) is 0 Å². The van der Waals surface area contributed by atoms with Crippen molar-refractivity contribution >= 4 is 12.2 Å². The zero-order valence-corrected chi connectivity index (χ0v) is 7.29. The number of carboxylic acid groups (broad SMARTS) is 1. The number of aliphatic imine (C=N–C) groups is 1. The van der Waals surface area contributed by atoms with Crippen molar-refractivity contribution < 1.29 is 9.90 Å². The van der Waals surface area contributed by atoms with Gasteiger partial charge >= 0.3 is 5.97 Å². The first-order chi connectivity index (χ1) is 4.92. The topological polar surface area (TPSA) is 49.7 Å². The first-order valence-electron chi connectivity index (χ1n) is 3.62. The molecule has 3 heteroatoms. The molecular formula is C8H15NO2. The Morgan fingerprint density at radius 2 is 2.09 bits per heavy atom. The summed E-state index contributed by atoms with van der Waals surface area (Å²) in [6.45, 7) is 6.13. The van der Waals surface area contributed by atoms with E-state index in [0.717, 1.165) is 6.42 Å². The van der Waals surface area contributed by atoms with Gasteiger partial charge < -0.3 is 5.11 Å². The van der Waals surface area contributed by atoms with E-state index in [2.05, 4.69) is 25.8 Å². The maximum Gasteiger partial charge on any atom is 0.325 e. The largest absolute Gasteiger partial charge is 0.480 e. The molecule has 64 valence electrons. The average molecular weight is 157 g/mol. The Hall–Kier alpha value is -0.860. The molecule has 0 unspecified atom stereocenters. The van der Waals surface area contributed by atoms with Crippen molar-refractivity contribution in [3.05, 3.63) is 0 Å². The lowest BCUT2D eigenvalue weighted by Gasteiger charge is -2.13. The Balaban J connectivity index is 3.53. The quantitative estimate of drug-likeness (QED) is 0.632. The van der Waals surface area contributed by atoms with Crippen molar-refractivity contribution in [3.8, 4) is 0 Å². The normalized spacial score (nSPS) is 12.3. The summed E-state index contributed by atoms with van der Waals surface area (Å²) < 4.78 is 0. The monoisotopic (exact) mass is 157 g/mol. The average Bonchev–Trinajstić information content (AvgIpc) is 1.78.